The van der Waals surface area contributed by atoms with Crippen LogP contribution in [-0.4, -0.2) is 8.07 Å². The van der Waals surface area contributed by atoms with Crippen molar-refractivity contribution in [1.29, 1.82) is 0 Å². The van der Waals surface area contributed by atoms with E-state index in [9.17, 15) is 0 Å². The van der Waals surface area contributed by atoms with Gasteiger partial charge in [0.25, 0.3) is 0 Å². The zero-order chi connectivity index (χ0) is 22.3. The average Bonchev–Trinajstić information content (AvgIpc) is 2.98. The minimum Gasteiger partial charge on any atom is -0.0636 e. The molecule has 0 bridgehead atoms. The standard InChI is InChI=1S/C30H34Si/c1-20-18-29(19-21(2)22(20)3)31(27-14-10-8-11-15-27,28-16-12-9-13-17-28)30-25(6)23(4)24(5)26(30)7/h8-19,25H,1-7H3. The smallest absolute Gasteiger partial charge is 0.0636 e. The normalized spacial score (nSPS) is 16.9. The van der Waals surface area contributed by atoms with Crippen molar-refractivity contribution >= 4 is 23.6 Å². The molecule has 3 aromatic carbocycles. The van der Waals surface area contributed by atoms with Crippen LogP contribution < -0.4 is 15.6 Å². The van der Waals surface area contributed by atoms with E-state index in [1.54, 1.807) is 5.20 Å². The predicted octanol–water partition coefficient (Wildman–Crippen LogP) is 5.92. The van der Waals surface area contributed by atoms with Gasteiger partial charge < -0.3 is 0 Å². The van der Waals surface area contributed by atoms with Gasteiger partial charge in [-0.1, -0.05) is 96.1 Å². The van der Waals surface area contributed by atoms with Gasteiger partial charge in [-0.25, -0.2) is 0 Å². The summed E-state index contributed by atoms with van der Waals surface area (Å²) in [5.41, 5.74) is 8.69. The van der Waals surface area contributed by atoms with Gasteiger partial charge in [-0.15, -0.1) is 0 Å². The molecule has 4 rings (SSSR count). The first kappa shape index (κ1) is 21.6. The molecule has 0 spiro atoms. The first-order valence-corrected chi connectivity index (χ1v) is 13.4. The minimum absolute atomic E-state index is 0.453. The Morgan fingerprint density at radius 2 is 1.03 bits per heavy atom. The van der Waals surface area contributed by atoms with E-state index in [-0.39, 0.29) is 0 Å². The quantitative estimate of drug-likeness (QED) is 0.361. The molecule has 0 aromatic heterocycles. The van der Waals surface area contributed by atoms with Crippen molar-refractivity contribution < 1.29 is 0 Å². The van der Waals surface area contributed by atoms with Crippen molar-refractivity contribution in [2.75, 3.05) is 0 Å². The molecule has 1 aliphatic carbocycles. The second kappa shape index (κ2) is 8.13. The van der Waals surface area contributed by atoms with Crippen molar-refractivity contribution in [3.8, 4) is 0 Å². The Hall–Kier alpha value is -2.64. The van der Waals surface area contributed by atoms with E-state index in [0.29, 0.717) is 5.92 Å². The molecule has 0 fully saturated rings. The van der Waals surface area contributed by atoms with Crippen LogP contribution in [0.15, 0.2) is 94.7 Å². The van der Waals surface area contributed by atoms with E-state index in [1.807, 2.05) is 0 Å². The molecule has 1 heteroatoms. The maximum absolute atomic E-state index is 2.49. The van der Waals surface area contributed by atoms with Gasteiger partial charge in [0.2, 0.25) is 0 Å². The highest BCUT2D eigenvalue weighted by molar-refractivity contribution is 7.16. The lowest BCUT2D eigenvalue weighted by molar-refractivity contribution is 0.851. The highest BCUT2D eigenvalue weighted by Gasteiger charge is 2.48. The molecule has 0 aliphatic heterocycles. The third kappa shape index (κ3) is 3.27. The molecular formula is C30H34Si. The second-order valence-corrected chi connectivity index (χ2v) is 13.1. The summed E-state index contributed by atoms with van der Waals surface area (Å²) >= 11 is 0. The largest absolute Gasteiger partial charge is 0.176 e. The van der Waals surface area contributed by atoms with Gasteiger partial charge in [-0.3, -0.25) is 0 Å². The van der Waals surface area contributed by atoms with E-state index in [1.165, 1.54) is 49.0 Å². The van der Waals surface area contributed by atoms with Crippen molar-refractivity contribution in [2.45, 2.75) is 48.5 Å². The molecule has 158 valence electrons. The van der Waals surface area contributed by atoms with Crippen LogP contribution in [0, 0.1) is 26.7 Å². The third-order valence-corrected chi connectivity index (χ3v) is 13.0. The Labute approximate surface area is 189 Å². The van der Waals surface area contributed by atoms with Crippen molar-refractivity contribution in [1.82, 2.24) is 0 Å². The number of rotatable bonds is 4. The summed E-state index contributed by atoms with van der Waals surface area (Å²) in [6, 6.07) is 27.6. The van der Waals surface area contributed by atoms with Gasteiger partial charge >= 0.3 is 0 Å². The topological polar surface area (TPSA) is 0 Å². The predicted molar refractivity (Wildman–Crippen MR) is 138 cm³/mol. The van der Waals surface area contributed by atoms with Crippen LogP contribution in [0.1, 0.15) is 44.4 Å². The number of allylic oxidation sites excluding steroid dienone is 4. The summed E-state index contributed by atoms with van der Waals surface area (Å²) in [6.07, 6.45) is 0. The van der Waals surface area contributed by atoms with Gasteiger partial charge in [0.15, 0.2) is 8.07 Å². The first-order chi connectivity index (χ1) is 14.8. The Bertz CT molecular complexity index is 1120. The molecule has 0 amide bonds. The fourth-order valence-electron chi connectivity index (χ4n) is 5.56. The van der Waals surface area contributed by atoms with E-state index in [2.05, 4.69) is 121 Å². The monoisotopic (exact) mass is 422 g/mol. The van der Waals surface area contributed by atoms with Crippen molar-refractivity contribution in [3.05, 3.63) is 111 Å². The van der Waals surface area contributed by atoms with Crippen LogP contribution in [-0.2, 0) is 0 Å². The minimum atomic E-state index is -2.45. The average molecular weight is 423 g/mol. The Morgan fingerprint density at radius 3 is 1.42 bits per heavy atom. The van der Waals surface area contributed by atoms with E-state index in [0.717, 1.165) is 0 Å². The maximum atomic E-state index is 2.49. The Kier molecular flexibility index (Phi) is 5.66. The van der Waals surface area contributed by atoms with Gasteiger partial charge in [-0.2, -0.15) is 0 Å². The van der Waals surface area contributed by atoms with Crippen molar-refractivity contribution in [2.24, 2.45) is 5.92 Å². The van der Waals surface area contributed by atoms with Gasteiger partial charge in [0, 0.05) is 0 Å². The van der Waals surface area contributed by atoms with E-state index >= 15 is 0 Å². The lowest BCUT2D eigenvalue weighted by Gasteiger charge is -2.39. The van der Waals surface area contributed by atoms with Crippen LogP contribution in [0.5, 0.6) is 0 Å². The molecule has 0 saturated heterocycles. The second-order valence-electron chi connectivity index (χ2n) is 9.29. The molecule has 1 atom stereocenters. The summed E-state index contributed by atoms with van der Waals surface area (Å²) in [6.45, 7) is 16.2. The first-order valence-electron chi connectivity index (χ1n) is 11.4. The Balaban J connectivity index is 2.20. The molecule has 0 nitrogen and oxygen atoms in total. The molecule has 31 heavy (non-hydrogen) atoms. The van der Waals surface area contributed by atoms with Crippen LogP contribution in [0.4, 0.5) is 0 Å². The summed E-state index contributed by atoms with van der Waals surface area (Å²) < 4.78 is 0. The Morgan fingerprint density at radius 1 is 0.581 bits per heavy atom. The fraction of sp³-hybridized carbons (Fsp3) is 0.267. The molecule has 0 N–H and O–H groups in total. The third-order valence-electron chi connectivity index (χ3n) is 7.82. The summed E-state index contributed by atoms with van der Waals surface area (Å²) in [5.74, 6) is 0.453. The van der Waals surface area contributed by atoms with Crippen LogP contribution in [0.2, 0.25) is 0 Å². The summed E-state index contributed by atoms with van der Waals surface area (Å²) in [7, 11) is -2.45. The number of hydrogen-bond donors (Lipinski definition) is 0. The van der Waals surface area contributed by atoms with Crippen LogP contribution >= 0.6 is 0 Å². The molecule has 0 saturated carbocycles. The highest BCUT2D eigenvalue weighted by Crippen LogP contribution is 2.41. The van der Waals surface area contributed by atoms with Gasteiger partial charge in [0.05, 0.1) is 0 Å². The summed E-state index contributed by atoms with van der Waals surface area (Å²) in [5, 5.41) is 6.12. The van der Waals surface area contributed by atoms with Crippen LogP contribution in [0.3, 0.4) is 0 Å². The lowest BCUT2D eigenvalue weighted by atomic mass is 10.0. The van der Waals surface area contributed by atoms with Crippen LogP contribution in [0.25, 0.3) is 0 Å². The van der Waals surface area contributed by atoms with E-state index in [4.69, 9.17) is 0 Å². The molecule has 1 aliphatic rings. The molecule has 1 unspecified atom stereocenters. The number of benzene rings is 3. The highest BCUT2D eigenvalue weighted by atomic mass is 28.3. The molecule has 0 heterocycles. The molecular weight excluding hydrogens is 388 g/mol. The van der Waals surface area contributed by atoms with Gasteiger partial charge in [0.1, 0.15) is 0 Å². The lowest BCUT2D eigenvalue weighted by Crippen LogP contribution is -2.69. The zero-order valence-electron chi connectivity index (χ0n) is 20.0. The van der Waals surface area contributed by atoms with E-state index < -0.39 is 8.07 Å². The zero-order valence-corrected chi connectivity index (χ0v) is 21.0. The molecule has 3 aromatic rings. The van der Waals surface area contributed by atoms with Crippen molar-refractivity contribution in [3.63, 3.8) is 0 Å². The maximum Gasteiger partial charge on any atom is 0.176 e. The summed E-state index contributed by atoms with van der Waals surface area (Å²) in [4.78, 5) is 0. The number of hydrogen-bond acceptors (Lipinski definition) is 0. The number of aryl methyl sites for hydroxylation is 2. The fourth-order valence-corrected chi connectivity index (χ4v) is 11.4. The molecule has 0 radical (unpaired) electrons. The SMILES string of the molecule is CC1=C(C)C(C)C([Si](c2ccccc2)(c2ccccc2)c2cc(C)c(C)c(C)c2)=C1C. The van der Waals surface area contributed by atoms with Gasteiger partial charge in [-0.05, 0) is 85.3 Å².